The van der Waals surface area contributed by atoms with Gasteiger partial charge in [0.2, 0.25) is 11.9 Å². The number of nitrogens with zero attached hydrogens (tertiary/aromatic N) is 6. The molecule has 39 heavy (non-hydrogen) atoms. The van der Waals surface area contributed by atoms with Gasteiger partial charge >= 0.3 is 12.1 Å². The Kier molecular flexibility index (Phi) is 8.63. The lowest BCUT2D eigenvalue weighted by atomic mass is 9.73. The number of amides is 2. The Bertz CT molecular complexity index is 1150. The zero-order chi connectivity index (χ0) is 28.0. The number of pyridine rings is 1. The van der Waals surface area contributed by atoms with Gasteiger partial charge < -0.3 is 24.5 Å². The van der Waals surface area contributed by atoms with E-state index in [1.54, 1.807) is 43.0 Å². The number of aliphatic carboxylic acids is 1. The summed E-state index contributed by atoms with van der Waals surface area (Å²) in [6.07, 6.45) is 3.17. The first-order chi connectivity index (χ1) is 18.6. The number of fused-ring (bicyclic) bond motifs is 1. The summed E-state index contributed by atoms with van der Waals surface area (Å²) >= 11 is 0. The first-order valence-corrected chi connectivity index (χ1v) is 12.5. The van der Waals surface area contributed by atoms with Crippen LogP contribution in [0.2, 0.25) is 0 Å². The molecule has 3 aliphatic heterocycles. The van der Waals surface area contributed by atoms with E-state index in [9.17, 15) is 22.8 Å². The highest BCUT2D eigenvalue weighted by Gasteiger charge is 2.55. The van der Waals surface area contributed by atoms with E-state index in [0.717, 1.165) is 12.8 Å². The van der Waals surface area contributed by atoms with Crippen LogP contribution in [0.15, 0.2) is 43.0 Å². The fourth-order valence-electron chi connectivity index (χ4n) is 5.33. The van der Waals surface area contributed by atoms with E-state index >= 15 is 0 Å². The summed E-state index contributed by atoms with van der Waals surface area (Å²) in [4.78, 5) is 54.9. The maximum atomic E-state index is 13.9. The van der Waals surface area contributed by atoms with Crippen molar-refractivity contribution in [1.82, 2.24) is 24.8 Å². The molecule has 3 aliphatic rings. The second-order valence-corrected chi connectivity index (χ2v) is 9.59. The number of carbonyl (C=O) groups excluding carboxylic acids is 2. The molecule has 11 nitrogen and oxygen atoms in total. The van der Waals surface area contributed by atoms with E-state index in [-0.39, 0.29) is 17.7 Å². The number of ether oxygens (including phenoxy) is 1. The standard InChI is InChI=1S/C23H28N6O3.C2HF3O2/c30-20(18-4-1-6-24-14-18)28-9-2-5-23(21(31)27-10-12-32-13-11-27)17-29(16-19(23)15-28)22-25-7-3-8-26-22;3-2(4,5)1(6)7/h1,3-4,6-8,14,19H,2,5,9-13,15-17H2;(H,6,7)/t19-,23-;/m0./s1. The number of halogens is 3. The average Bonchev–Trinajstić information content (AvgIpc) is 3.22. The highest BCUT2D eigenvalue weighted by molar-refractivity contribution is 5.94. The van der Waals surface area contributed by atoms with Gasteiger partial charge in [0.25, 0.3) is 5.91 Å². The number of morpholine rings is 1. The maximum absolute atomic E-state index is 13.9. The van der Waals surface area contributed by atoms with E-state index < -0.39 is 17.6 Å². The fourth-order valence-corrected chi connectivity index (χ4v) is 5.33. The van der Waals surface area contributed by atoms with Crippen molar-refractivity contribution in [2.24, 2.45) is 11.3 Å². The number of aromatic nitrogens is 3. The highest BCUT2D eigenvalue weighted by Crippen LogP contribution is 2.45. The minimum atomic E-state index is -5.08. The minimum Gasteiger partial charge on any atom is -0.475 e. The van der Waals surface area contributed by atoms with Crippen molar-refractivity contribution >= 4 is 23.7 Å². The summed E-state index contributed by atoms with van der Waals surface area (Å²) < 4.78 is 37.2. The van der Waals surface area contributed by atoms with E-state index in [0.29, 0.717) is 64.0 Å². The molecule has 14 heteroatoms. The quantitative estimate of drug-likeness (QED) is 0.607. The van der Waals surface area contributed by atoms with Crippen LogP contribution in [0, 0.1) is 11.3 Å². The summed E-state index contributed by atoms with van der Waals surface area (Å²) in [6.45, 7) is 4.79. The second-order valence-electron chi connectivity index (χ2n) is 9.59. The summed E-state index contributed by atoms with van der Waals surface area (Å²) in [6, 6.07) is 5.37. The summed E-state index contributed by atoms with van der Waals surface area (Å²) in [5.74, 6) is -1.96. The molecule has 3 fully saturated rings. The SMILES string of the molecule is O=C(O)C(F)(F)F.O=C(c1cccnc1)N1CCC[C@]2(C(=O)N3CCOCC3)CN(c3ncccn3)C[C@@H]2C1. The molecule has 2 atom stereocenters. The van der Waals surface area contributed by atoms with Gasteiger partial charge in [0, 0.05) is 70.0 Å². The third kappa shape index (κ3) is 6.44. The molecule has 5 rings (SSSR count). The van der Waals surface area contributed by atoms with Gasteiger partial charge in [0.15, 0.2) is 0 Å². The Morgan fingerprint density at radius 3 is 2.31 bits per heavy atom. The number of alkyl halides is 3. The molecule has 0 saturated carbocycles. The van der Waals surface area contributed by atoms with E-state index in [1.165, 1.54) is 0 Å². The maximum Gasteiger partial charge on any atom is 0.490 e. The van der Waals surface area contributed by atoms with Crippen molar-refractivity contribution in [2.45, 2.75) is 19.0 Å². The predicted octanol–water partition coefficient (Wildman–Crippen LogP) is 1.72. The third-order valence-corrected chi connectivity index (χ3v) is 7.18. The molecular weight excluding hydrogens is 521 g/mol. The van der Waals surface area contributed by atoms with Crippen LogP contribution in [0.3, 0.4) is 0 Å². The molecule has 1 N–H and O–H groups in total. The van der Waals surface area contributed by atoms with Gasteiger partial charge in [0.05, 0.1) is 24.2 Å². The lowest BCUT2D eigenvalue weighted by molar-refractivity contribution is -0.192. The lowest BCUT2D eigenvalue weighted by Gasteiger charge is -2.38. The lowest BCUT2D eigenvalue weighted by Crippen LogP contribution is -2.53. The van der Waals surface area contributed by atoms with Crippen molar-refractivity contribution in [3.8, 4) is 0 Å². The van der Waals surface area contributed by atoms with Crippen LogP contribution in [0.1, 0.15) is 23.2 Å². The van der Waals surface area contributed by atoms with Crippen molar-refractivity contribution in [3.63, 3.8) is 0 Å². The zero-order valence-corrected chi connectivity index (χ0v) is 21.1. The van der Waals surface area contributed by atoms with Crippen LogP contribution >= 0.6 is 0 Å². The number of carboxylic acid groups (broad SMARTS) is 1. The third-order valence-electron chi connectivity index (χ3n) is 7.18. The number of hydrogen-bond donors (Lipinski definition) is 1. The van der Waals surface area contributed by atoms with Crippen LogP contribution < -0.4 is 4.90 Å². The minimum absolute atomic E-state index is 0.00442. The van der Waals surface area contributed by atoms with Gasteiger partial charge in [-0.3, -0.25) is 14.6 Å². The number of anilines is 1. The molecule has 0 unspecified atom stereocenters. The van der Waals surface area contributed by atoms with Gasteiger partial charge in [-0.1, -0.05) is 0 Å². The molecule has 3 saturated heterocycles. The molecule has 5 heterocycles. The normalized spacial score (nSPS) is 23.3. The zero-order valence-electron chi connectivity index (χ0n) is 21.1. The number of carboxylic acids is 1. The van der Waals surface area contributed by atoms with Gasteiger partial charge in [0.1, 0.15) is 0 Å². The van der Waals surface area contributed by atoms with E-state index in [2.05, 4.69) is 19.9 Å². The Hall–Kier alpha value is -3.81. The Morgan fingerprint density at radius 2 is 1.69 bits per heavy atom. The number of rotatable bonds is 3. The Labute approximate surface area is 222 Å². The predicted molar refractivity (Wildman–Crippen MR) is 131 cm³/mol. The van der Waals surface area contributed by atoms with Crippen molar-refractivity contribution < 1.29 is 37.4 Å². The van der Waals surface area contributed by atoms with E-state index in [1.807, 2.05) is 9.80 Å². The summed E-state index contributed by atoms with van der Waals surface area (Å²) in [5.41, 5.74) is 0.0290. The van der Waals surface area contributed by atoms with Crippen molar-refractivity contribution in [3.05, 3.63) is 48.5 Å². The van der Waals surface area contributed by atoms with Gasteiger partial charge in [-0.25, -0.2) is 14.8 Å². The van der Waals surface area contributed by atoms with Crippen LogP contribution in [0.5, 0.6) is 0 Å². The molecule has 0 radical (unpaired) electrons. The molecular formula is C25H29F3N6O5. The van der Waals surface area contributed by atoms with Crippen molar-refractivity contribution in [1.29, 1.82) is 0 Å². The molecule has 0 aliphatic carbocycles. The van der Waals surface area contributed by atoms with Crippen LogP contribution in [0.25, 0.3) is 0 Å². The molecule has 0 spiro atoms. The second kappa shape index (κ2) is 11.9. The van der Waals surface area contributed by atoms with Gasteiger partial charge in [-0.15, -0.1) is 0 Å². The molecule has 210 valence electrons. The fraction of sp³-hybridized carbons (Fsp3) is 0.520. The topological polar surface area (TPSA) is 129 Å². The van der Waals surface area contributed by atoms with Gasteiger partial charge in [-0.2, -0.15) is 13.2 Å². The monoisotopic (exact) mass is 550 g/mol. The molecule has 0 bridgehead atoms. The van der Waals surface area contributed by atoms with Crippen LogP contribution in [0.4, 0.5) is 19.1 Å². The summed E-state index contributed by atoms with van der Waals surface area (Å²) in [5, 5.41) is 7.12. The van der Waals surface area contributed by atoms with E-state index in [4.69, 9.17) is 14.6 Å². The van der Waals surface area contributed by atoms with Crippen molar-refractivity contribution in [2.75, 3.05) is 57.4 Å². The molecule has 2 amide bonds. The Morgan fingerprint density at radius 1 is 1.00 bits per heavy atom. The Balaban J connectivity index is 0.000000448. The summed E-state index contributed by atoms with van der Waals surface area (Å²) in [7, 11) is 0. The van der Waals surface area contributed by atoms with Crippen LogP contribution in [-0.2, 0) is 14.3 Å². The largest absolute Gasteiger partial charge is 0.490 e. The number of carbonyl (C=O) groups is 3. The molecule has 0 aromatic carbocycles. The van der Waals surface area contributed by atoms with Gasteiger partial charge in [-0.05, 0) is 31.0 Å². The first kappa shape index (κ1) is 28.2. The number of hydrogen-bond acceptors (Lipinski definition) is 8. The first-order valence-electron chi connectivity index (χ1n) is 12.5. The number of likely N-dealkylation sites (tertiary alicyclic amines) is 1. The molecule has 2 aromatic heterocycles. The highest BCUT2D eigenvalue weighted by atomic mass is 19.4. The molecule has 2 aromatic rings. The average molecular weight is 551 g/mol. The smallest absolute Gasteiger partial charge is 0.475 e. The van der Waals surface area contributed by atoms with Crippen LogP contribution in [-0.4, -0.2) is 106 Å².